The third-order valence-electron chi connectivity index (χ3n) is 7.08. The molecular weight excluding hydrogens is 272 g/mol. The smallest absolute Gasteiger partial charge is 0.178 e. The molecule has 0 aromatic carbocycles. The van der Waals surface area contributed by atoms with Crippen molar-refractivity contribution in [3.8, 4) is 0 Å². The maximum atomic E-state index is 11.9. The first-order valence-electron chi connectivity index (χ1n) is 9.93. The van der Waals surface area contributed by atoms with Crippen molar-refractivity contribution in [2.24, 2.45) is 28.6 Å². The molecule has 0 saturated heterocycles. The van der Waals surface area contributed by atoms with Crippen LogP contribution >= 0.6 is 0 Å². The minimum atomic E-state index is -2.22. The first-order chi connectivity index (χ1) is 11.6. The zero-order chi connectivity index (χ0) is 18.2. The van der Waals surface area contributed by atoms with Crippen LogP contribution in [0, 0.1) is 28.6 Å². The summed E-state index contributed by atoms with van der Waals surface area (Å²) in [5.41, 5.74) is 0.201. The van der Waals surface area contributed by atoms with E-state index in [9.17, 15) is 9.90 Å². The lowest BCUT2D eigenvalue weighted by molar-refractivity contribution is -0.111. The number of carbonyl (C=O) groups excluding carboxylic acids is 1. The van der Waals surface area contributed by atoms with Gasteiger partial charge in [-0.05, 0) is 73.0 Å². The molecule has 0 bridgehead atoms. The van der Waals surface area contributed by atoms with E-state index in [0.717, 1.165) is 37.7 Å². The van der Waals surface area contributed by atoms with E-state index < -0.39 is 12.3 Å². The van der Waals surface area contributed by atoms with Crippen molar-refractivity contribution < 1.29 is 14.0 Å². The van der Waals surface area contributed by atoms with Gasteiger partial charge in [0.2, 0.25) is 0 Å². The molecule has 1 N–H and O–H groups in total. The highest BCUT2D eigenvalue weighted by atomic mass is 16.3. The molecule has 3 fully saturated rings. The molecule has 0 spiro atoms. The van der Waals surface area contributed by atoms with Crippen molar-refractivity contribution in [1.82, 2.24) is 0 Å². The van der Waals surface area contributed by atoms with E-state index in [1.165, 1.54) is 12.2 Å². The lowest BCUT2D eigenvalue weighted by Gasteiger charge is -2.57. The summed E-state index contributed by atoms with van der Waals surface area (Å²) >= 11 is 0. The van der Waals surface area contributed by atoms with Crippen LogP contribution in [0.1, 0.15) is 50.0 Å². The predicted molar refractivity (Wildman–Crippen MR) is 87.1 cm³/mol. The fourth-order valence-electron chi connectivity index (χ4n) is 5.84. The number of aliphatic hydroxyl groups excluding tert-OH is 1. The monoisotopic (exact) mass is 301 g/mol. The second-order valence-electron chi connectivity index (χ2n) is 7.98. The highest BCUT2D eigenvalue weighted by molar-refractivity contribution is 6.01. The van der Waals surface area contributed by atoms with Crippen LogP contribution in [0.3, 0.4) is 0 Å². The Labute approximate surface area is 137 Å². The number of hydrogen-bond donors (Lipinski definition) is 1. The van der Waals surface area contributed by atoms with E-state index in [1.807, 2.05) is 0 Å². The Hall–Kier alpha value is -1.15. The first kappa shape index (κ1) is 11.4. The predicted octanol–water partition coefficient (Wildman–Crippen LogP) is 3.82. The van der Waals surface area contributed by atoms with E-state index >= 15 is 0 Å². The van der Waals surface area contributed by atoms with Crippen LogP contribution in [0.5, 0.6) is 0 Å². The van der Waals surface area contributed by atoms with E-state index in [1.54, 1.807) is 6.08 Å². The number of aliphatic hydroxyl groups is 1. The molecule has 2 nitrogen and oxygen atoms in total. The normalized spacial score (nSPS) is 52.8. The molecule has 0 heterocycles. The minimum Gasteiger partial charge on any atom is -0.393 e. The number of allylic oxidation sites excluding steroid dienone is 5. The van der Waals surface area contributed by atoms with Gasteiger partial charge in [-0.25, -0.2) is 0 Å². The van der Waals surface area contributed by atoms with Crippen LogP contribution in [0.2, 0.25) is 0 Å². The summed E-state index contributed by atoms with van der Waals surface area (Å²) in [5.74, 6) is 0.361. The molecule has 4 aliphatic carbocycles. The molecule has 2 heteroatoms. The second-order valence-corrected chi connectivity index (χ2v) is 7.98. The van der Waals surface area contributed by atoms with Crippen molar-refractivity contribution in [2.75, 3.05) is 0 Å². The van der Waals surface area contributed by atoms with Gasteiger partial charge in [-0.2, -0.15) is 0 Å². The van der Waals surface area contributed by atoms with Crippen LogP contribution in [0.4, 0.5) is 0 Å². The van der Waals surface area contributed by atoms with Gasteiger partial charge < -0.3 is 5.11 Å². The van der Waals surface area contributed by atoms with Gasteiger partial charge >= 0.3 is 0 Å². The fourth-order valence-corrected chi connectivity index (χ4v) is 5.84. The van der Waals surface area contributed by atoms with Crippen molar-refractivity contribution in [1.29, 1.82) is 0 Å². The van der Waals surface area contributed by atoms with Crippen molar-refractivity contribution in [3.05, 3.63) is 36.0 Å². The number of rotatable bonds is 0. The number of fused-ring (bicyclic) bond motifs is 5. The van der Waals surface area contributed by atoms with Crippen LogP contribution in [0.15, 0.2) is 36.0 Å². The molecule has 6 atom stereocenters. The molecule has 0 aliphatic heterocycles. The summed E-state index contributed by atoms with van der Waals surface area (Å²) in [5, 5.41) is 10.5. The molecule has 4 rings (SSSR count). The van der Waals surface area contributed by atoms with Crippen molar-refractivity contribution >= 4 is 5.78 Å². The van der Waals surface area contributed by atoms with Crippen molar-refractivity contribution in [3.63, 3.8) is 0 Å². The molecular formula is C20H26O2. The first-order valence-corrected chi connectivity index (χ1v) is 8.43. The van der Waals surface area contributed by atoms with E-state index in [4.69, 9.17) is 4.11 Å². The Morgan fingerprint density at radius 2 is 2.18 bits per heavy atom. The number of ketones is 1. The lowest BCUT2D eigenvalue weighted by atomic mass is 9.47. The molecule has 0 radical (unpaired) electrons. The fraction of sp³-hybridized carbons (Fsp3) is 0.650. The van der Waals surface area contributed by atoms with E-state index in [0.29, 0.717) is 11.5 Å². The Kier molecular flexibility index (Phi) is 2.30. The molecule has 0 amide bonds. The maximum Gasteiger partial charge on any atom is 0.178 e. The summed E-state index contributed by atoms with van der Waals surface area (Å²) in [6.07, 6.45) is 8.41. The van der Waals surface area contributed by atoms with Gasteiger partial charge in [0.1, 0.15) is 0 Å². The average Bonchev–Trinajstić information content (AvgIpc) is 2.82. The highest BCUT2D eigenvalue weighted by Gasteiger charge is 2.58. The summed E-state index contributed by atoms with van der Waals surface area (Å²) < 4.78 is 25.0. The Morgan fingerprint density at radius 3 is 2.95 bits per heavy atom. The van der Waals surface area contributed by atoms with Crippen molar-refractivity contribution in [2.45, 2.75) is 52.0 Å². The van der Waals surface area contributed by atoms with Crippen LogP contribution in [0.25, 0.3) is 0 Å². The topological polar surface area (TPSA) is 37.3 Å². The van der Waals surface area contributed by atoms with Gasteiger partial charge in [0.15, 0.2) is 5.78 Å². The summed E-state index contributed by atoms with van der Waals surface area (Å²) in [6, 6.07) is 0. The van der Waals surface area contributed by atoms with Gasteiger partial charge in [0, 0.05) is 9.53 Å². The summed E-state index contributed by atoms with van der Waals surface area (Å²) in [4.78, 5) is 11.9. The molecule has 3 saturated carbocycles. The standard InChI is InChI=1S/C20H26O2/c1-12-10-14-15-4-5-18(22)20(15,3)9-7-16(14)19(2)8-6-13(21)11-17(12)19/h6,8,11,14-16,18,22H,1,4-5,7,9-10H2,2-3H3/t14-,15-,16-,18-,19+,20-/m1/s1/i2D3. The quantitative estimate of drug-likeness (QED) is 0.738. The van der Waals surface area contributed by atoms with Gasteiger partial charge in [-0.3, -0.25) is 4.79 Å². The lowest BCUT2D eigenvalue weighted by Crippen LogP contribution is -2.50. The summed E-state index contributed by atoms with van der Waals surface area (Å²) in [6.45, 7) is 4.13. The third kappa shape index (κ3) is 1.68. The van der Waals surface area contributed by atoms with Gasteiger partial charge in [-0.1, -0.05) is 32.0 Å². The molecule has 22 heavy (non-hydrogen) atoms. The Balaban J connectivity index is 1.85. The largest absolute Gasteiger partial charge is 0.393 e. The van der Waals surface area contributed by atoms with Crippen LogP contribution < -0.4 is 0 Å². The molecule has 0 unspecified atom stereocenters. The van der Waals surface area contributed by atoms with Gasteiger partial charge in [-0.15, -0.1) is 0 Å². The molecule has 0 aromatic rings. The van der Waals surface area contributed by atoms with Gasteiger partial charge in [0.05, 0.1) is 6.10 Å². The molecule has 0 aromatic heterocycles. The summed E-state index contributed by atoms with van der Waals surface area (Å²) in [7, 11) is 0. The average molecular weight is 301 g/mol. The molecule has 118 valence electrons. The SMILES string of the molecule is [2H]C([2H])([2H])[C@@]12C=CC(=O)C=C1C(=C)C[C@@H]1[C@H]3CC[C@@H](O)[C@]3(C)CC[C@H]12. The third-order valence-corrected chi connectivity index (χ3v) is 7.08. The highest BCUT2D eigenvalue weighted by Crippen LogP contribution is 2.65. The van der Waals surface area contributed by atoms with E-state index in [2.05, 4.69) is 13.5 Å². The Morgan fingerprint density at radius 1 is 1.36 bits per heavy atom. The maximum absolute atomic E-state index is 11.9. The number of carbonyl (C=O) groups is 1. The second kappa shape index (κ2) is 4.44. The van der Waals surface area contributed by atoms with Crippen LogP contribution in [-0.2, 0) is 4.79 Å². The van der Waals surface area contributed by atoms with Gasteiger partial charge in [0.25, 0.3) is 0 Å². The van der Waals surface area contributed by atoms with Crippen LogP contribution in [-0.4, -0.2) is 17.0 Å². The minimum absolute atomic E-state index is 0.0236. The Bertz CT molecular complexity index is 704. The zero-order valence-corrected chi connectivity index (χ0v) is 13.1. The number of hydrogen-bond acceptors (Lipinski definition) is 2. The molecule has 4 aliphatic rings. The van der Waals surface area contributed by atoms with E-state index in [-0.39, 0.29) is 29.1 Å². The zero-order valence-electron chi connectivity index (χ0n) is 16.1.